The maximum Gasteiger partial charge on any atom is 0.249 e. The lowest BCUT2D eigenvalue weighted by Crippen LogP contribution is -2.50. The Hall–Kier alpha value is -2.14. The zero-order valence-corrected chi connectivity index (χ0v) is 18.3. The van der Waals surface area contributed by atoms with Crippen LogP contribution in [0.5, 0.6) is 0 Å². The summed E-state index contributed by atoms with van der Waals surface area (Å²) in [6.45, 7) is 7.58. The van der Waals surface area contributed by atoms with Crippen LogP contribution < -0.4 is 0 Å². The number of hydrogen-bond donors (Lipinski definition) is 0. The van der Waals surface area contributed by atoms with Gasteiger partial charge in [-0.05, 0) is 43.2 Å². The van der Waals surface area contributed by atoms with Crippen LogP contribution >= 0.6 is 23.2 Å². The first kappa shape index (κ1) is 24.9. The first-order valence-electron chi connectivity index (χ1n) is 9.35. The third-order valence-corrected chi connectivity index (χ3v) is 4.55. The lowest BCUT2D eigenvalue weighted by Gasteiger charge is -2.38. The van der Waals surface area contributed by atoms with Crippen LogP contribution in [0, 0.1) is 0 Å². The fourth-order valence-corrected chi connectivity index (χ4v) is 2.99. The molecule has 1 saturated heterocycles. The van der Waals surface area contributed by atoms with Gasteiger partial charge in [0, 0.05) is 10.0 Å². The van der Waals surface area contributed by atoms with Crippen molar-refractivity contribution in [1.82, 2.24) is 4.90 Å². The number of amides is 1. The molecule has 2 aromatic rings. The smallest absolute Gasteiger partial charge is 0.249 e. The summed E-state index contributed by atoms with van der Waals surface area (Å²) in [6, 6.07) is 16.1. The molecule has 156 valence electrons. The van der Waals surface area contributed by atoms with Gasteiger partial charge in [-0.25, -0.2) is 0 Å². The summed E-state index contributed by atoms with van der Waals surface area (Å²) >= 11 is 11.4. The van der Waals surface area contributed by atoms with Gasteiger partial charge in [-0.15, -0.1) is 6.58 Å². The third-order valence-electron chi connectivity index (χ3n) is 4.05. The number of allylic oxidation sites excluding steroid dienone is 1. The Balaban J connectivity index is 0.000000347. The molecule has 0 saturated carbocycles. The van der Waals surface area contributed by atoms with Crippen LogP contribution in [0.25, 0.3) is 0 Å². The number of ether oxygens (including phenoxy) is 1. The summed E-state index contributed by atoms with van der Waals surface area (Å²) < 4.78 is 5.31. The standard InChI is InChI=1S/C14H16ClNO3.C6H5Cl.C3H6/c1-2-12(7-17)16-13(8-19-9-14(16)18)10-3-5-11(15)6-4-10;7-6-4-2-1-3-5-6;1-3-2/h3-7,12-13H,2,8-9H2,1H3;1-5H;3H,1H2,2H3. The number of nitrogens with zero attached hydrogens (tertiary/aromatic N) is 1. The van der Waals surface area contributed by atoms with Gasteiger partial charge in [-0.3, -0.25) is 4.79 Å². The molecule has 2 aromatic carbocycles. The van der Waals surface area contributed by atoms with Crippen LogP contribution in [-0.4, -0.2) is 36.3 Å². The number of carbonyl (C=O) groups excluding carboxylic acids is 2. The zero-order chi connectivity index (χ0) is 21.6. The molecule has 0 spiro atoms. The first-order chi connectivity index (χ1) is 14.0. The molecule has 0 aliphatic carbocycles. The van der Waals surface area contributed by atoms with E-state index in [2.05, 4.69) is 6.58 Å². The van der Waals surface area contributed by atoms with E-state index in [4.69, 9.17) is 27.9 Å². The summed E-state index contributed by atoms with van der Waals surface area (Å²) in [4.78, 5) is 24.8. The van der Waals surface area contributed by atoms with Crippen molar-refractivity contribution in [1.29, 1.82) is 0 Å². The SMILES string of the molecule is C=CC.CCC(C=O)N1C(=O)COCC1c1ccc(Cl)cc1.Clc1ccccc1. The highest BCUT2D eigenvalue weighted by Gasteiger charge is 2.34. The van der Waals surface area contributed by atoms with Gasteiger partial charge < -0.3 is 14.4 Å². The van der Waals surface area contributed by atoms with Gasteiger partial charge >= 0.3 is 0 Å². The number of morpholine rings is 1. The lowest BCUT2D eigenvalue weighted by atomic mass is 10.0. The number of carbonyl (C=O) groups is 2. The highest BCUT2D eigenvalue weighted by molar-refractivity contribution is 6.30. The Bertz CT molecular complexity index is 750. The Morgan fingerprint density at radius 2 is 1.69 bits per heavy atom. The van der Waals surface area contributed by atoms with E-state index in [-0.39, 0.29) is 18.6 Å². The summed E-state index contributed by atoms with van der Waals surface area (Å²) in [6.07, 6.45) is 3.17. The molecule has 1 aliphatic rings. The normalized spacial score (nSPS) is 16.5. The molecule has 6 heteroatoms. The van der Waals surface area contributed by atoms with E-state index in [0.29, 0.717) is 18.1 Å². The molecule has 29 heavy (non-hydrogen) atoms. The van der Waals surface area contributed by atoms with Crippen LogP contribution in [-0.2, 0) is 14.3 Å². The van der Waals surface area contributed by atoms with E-state index < -0.39 is 6.04 Å². The molecule has 0 N–H and O–H groups in total. The van der Waals surface area contributed by atoms with Crippen molar-refractivity contribution in [3.05, 3.63) is 82.9 Å². The quantitative estimate of drug-likeness (QED) is 0.453. The van der Waals surface area contributed by atoms with Crippen molar-refractivity contribution in [3.63, 3.8) is 0 Å². The van der Waals surface area contributed by atoms with Crippen molar-refractivity contribution in [2.75, 3.05) is 13.2 Å². The summed E-state index contributed by atoms with van der Waals surface area (Å²) in [5.74, 6) is -0.148. The predicted molar refractivity (Wildman–Crippen MR) is 119 cm³/mol. The van der Waals surface area contributed by atoms with Crippen LogP contribution in [0.3, 0.4) is 0 Å². The minimum absolute atomic E-state index is 0.0361. The predicted octanol–water partition coefficient (Wildman–Crippen LogP) is 5.75. The number of benzene rings is 2. The second-order valence-corrected chi connectivity index (χ2v) is 7.07. The molecule has 0 bridgehead atoms. The maximum atomic E-state index is 12.0. The van der Waals surface area contributed by atoms with Gasteiger partial charge in [-0.2, -0.15) is 0 Å². The average molecular weight is 436 g/mol. The lowest BCUT2D eigenvalue weighted by molar-refractivity contribution is -0.154. The summed E-state index contributed by atoms with van der Waals surface area (Å²) in [7, 11) is 0. The van der Waals surface area contributed by atoms with Gasteiger partial charge in [0.1, 0.15) is 12.9 Å². The molecule has 2 atom stereocenters. The van der Waals surface area contributed by atoms with Crippen molar-refractivity contribution < 1.29 is 14.3 Å². The van der Waals surface area contributed by atoms with E-state index >= 15 is 0 Å². The van der Waals surface area contributed by atoms with Gasteiger partial charge in [0.15, 0.2) is 0 Å². The molecule has 2 unspecified atom stereocenters. The molecular weight excluding hydrogens is 409 g/mol. The van der Waals surface area contributed by atoms with E-state index in [9.17, 15) is 9.59 Å². The van der Waals surface area contributed by atoms with E-state index in [1.807, 2.05) is 56.3 Å². The van der Waals surface area contributed by atoms with Crippen LogP contribution in [0.2, 0.25) is 10.0 Å². The molecule has 1 amide bonds. The molecule has 4 nitrogen and oxygen atoms in total. The van der Waals surface area contributed by atoms with Crippen molar-refractivity contribution in [3.8, 4) is 0 Å². The molecule has 3 rings (SSSR count). The topological polar surface area (TPSA) is 46.6 Å². The molecule has 0 radical (unpaired) electrons. The van der Waals surface area contributed by atoms with Crippen molar-refractivity contribution >= 4 is 35.4 Å². The second-order valence-electron chi connectivity index (χ2n) is 6.20. The van der Waals surface area contributed by atoms with Crippen LogP contribution in [0.1, 0.15) is 31.9 Å². The highest BCUT2D eigenvalue weighted by Crippen LogP contribution is 2.28. The average Bonchev–Trinajstić information content (AvgIpc) is 2.72. The minimum atomic E-state index is -0.405. The van der Waals surface area contributed by atoms with Crippen molar-refractivity contribution in [2.24, 2.45) is 0 Å². The third kappa shape index (κ3) is 8.40. The Kier molecular flexibility index (Phi) is 12.0. The minimum Gasteiger partial charge on any atom is -0.369 e. The fourth-order valence-electron chi connectivity index (χ4n) is 2.72. The molecule has 1 heterocycles. The summed E-state index contributed by atoms with van der Waals surface area (Å²) in [5.41, 5.74) is 0.928. The van der Waals surface area contributed by atoms with E-state index in [1.54, 1.807) is 23.1 Å². The molecular formula is C23H27Cl2NO3. The number of halogens is 2. The fraction of sp³-hybridized carbons (Fsp3) is 0.304. The zero-order valence-electron chi connectivity index (χ0n) is 16.8. The van der Waals surface area contributed by atoms with Gasteiger partial charge in [0.2, 0.25) is 5.91 Å². The number of aldehydes is 1. The van der Waals surface area contributed by atoms with Gasteiger partial charge in [0.05, 0.1) is 18.7 Å². The van der Waals surface area contributed by atoms with E-state index in [1.165, 1.54) is 0 Å². The van der Waals surface area contributed by atoms with Crippen LogP contribution in [0.4, 0.5) is 0 Å². The monoisotopic (exact) mass is 435 g/mol. The maximum absolute atomic E-state index is 12.0. The van der Waals surface area contributed by atoms with Crippen molar-refractivity contribution in [2.45, 2.75) is 32.4 Å². The Morgan fingerprint density at radius 1 is 1.14 bits per heavy atom. The second kappa shape index (κ2) is 13.9. The Labute approximate surface area is 183 Å². The highest BCUT2D eigenvalue weighted by atomic mass is 35.5. The van der Waals surface area contributed by atoms with Gasteiger partial charge in [-0.1, -0.05) is 66.5 Å². The van der Waals surface area contributed by atoms with E-state index in [0.717, 1.165) is 16.9 Å². The number of hydrogen-bond acceptors (Lipinski definition) is 3. The largest absolute Gasteiger partial charge is 0.369 e. The molecule has 0 aromatic heterocycles. The summed E-state index contributed by atoms with van der Waals surface area (Å²) in [5, 5.41) is 1.43. The molecule has 1 aliphatic heterocycles. The first-order valence-corrected chi connectivity index (χ1v) is 10.1. The van der Waals surface area contributed by atoms with Crippen LogP contribution in [0.15, 0.2) is 67.3 Å². The Morgan fingerprint density at radius 3 is 2.14 bits per heavy atom. The molecule has 1 fully saturated rings. The number of rotatable bonds is 4. The van der Waals surface area contributed by atoms with Gasteiger partial charge in [0.25, 0.3) is 0 Å².